The molecule has 5 aromatic rings. The molecule has 0 bridgehead atoms. The Balaban J connectivity index is 1.51. The second kappa shape index (κ2) is 7.37. The first kappa shape index (κ1) is 18.9. The average molecular weight is 424 g/mol. The van der Waals surface area contributed by atoms with Crippen LogP contribution < -0.4 is 10.7 Å². The maximum absolute atomic E-state index is 6.56. The number of hydrogen-bond acceptors (Lipinski definition) is 5. The first-order valence-electron chi connectivity index (χ1n) is 11.1. The molecule has 0 radical (unpaired) electrons. The highest BCUT2D eigenvalue weighted by atomic mass is 15.3. The maximum atomic E-state index is 6.56. The van der Waals surface area contributed by atoms with Crippen molar-refractivity contribution in [1.29, 1.82) is 0 Å². The molecule has 4 heterocycles. The molecule has 0 spiro atoms. The minimum atomic E-state index is 0.663. The zero-order valence-corrected chi connectivity index (χ0v) is 18.0. The molecule has 0 unspecified atom stereocenters. The summed E-state index contributed by atoms with van der Waals surface area (Å²) in [4.78, 5) is 11.7. The number of nitrogens with one attached hydrogen (secondary N) is 1. The van der Waals surface area contributed by atoms with Gasteiger partial charge < -0.3 is 10.7 Å². The zero-order valence-electron chi connectivity index (χ0n) is 18.0. The summed E-state index contributed by atoms with van der Waals surface area (Å²) < 4.78 is 1.67. The number of aryl methyl sites for hydroxylation is 1. The lowest BCUT2D eigenvalue weighted by molar-refractivity contribution is 0.579. The molecule has 1 aliphatic rings. The van der Waals surface area contributed by atoms with Gasteiger partial charge in [0.2, 0.25) is 0 Å². The van der Waals surface area contributed by atoms with E-state index in [4.69, 9.17) is 10.8 Å². The lowest BCUT2D eigenvalue weighted by Gasteiger charge is -2.28. The fraction of sp³-hybridized carbons (Fsp3) is 0.240. The molecule has 0 amide bonds. The van der Waals surface area contributed by atoms with Crippen LogP contribution in [-0.2, 0) is 0 Å². The van der Waals surface area contributed by atoms with Gasteiger partial charge in [-0.15, -0.1) is 0 Å². The topological polar surface area (TPSA) is 88.7 Å². The number of nitrogen functional groups attached to an aromatic ring is 1. The number of aromatic amines is 1. The minimum Gasteiger partial charge on any atom is -0.370 e. The third kappa shape index (κ3) is 2.92. The Bertz CT molecular complexity index is 1440. The highest BCUT2D eigenvalue weighted by Gasteiger charge is 2.21. The number of anilines is 1. The lowest BCUT2D eigenvalue weighted by Crippen LogP contribution is -2.29. The first-order valence-corrected chi connectivity index (χ1v) is 11.1. The van der Waals surface area contributed by atoms with Gasteiger partial charge in [-0.25, -0.2) is 9.66 Å². The molecule has 3 N–H and O–H groups in total. The highest BCUT2D eigenvalue weighted by Crippen LogP contribution is 2.34. The molecule has 2 aromatic carbocycles. The van der Waals surface area contributed by atoms with Gasteiger partial charge in [-0.2, -0.15) is 5.10 Å². The molecule has 7 nitrogen and oxygen atoms in total. The van der Waals surface area contributed by atoms with Crippen LogP contribution in [0.15, 0.2) is 54.9 Å². The van der Waals surface area contributed by atoms with Gasteiger partial charge in [0.1, 0.15) is 11.2 Å². The number of benzene rings is 2. The Morgan fingerprint density at radius 2 is 1.91 bits per heavy atom. The largest absolute Gasteiger partial charge is 0.370 e. The van der Waals surface area contributed by atoms with Gasteiger partial charge in [-0.1, -0.05) is 12.1 Å². The normalized spacial score (nSPS) is 14.5. The third-order valence-electron chi connectivity index (χ3n) is 6.52. The first-order chi connectivity index (χ1) is 15.7. The Morgan fingerprint density at radius 3 is 2.75 bits per heavy atom. The zero-order chi connectivity index (χ0) is 21.7. The maximum Gasteiger partial charge on any atom is 0.180 e. The average Bonchev–Trinajstić information content (AvgIpc) is 3.40. The second-order valence-electron chi connectivity index (χ2n) is 8.52. The summed E-state index contributed by atoms with van der Waals surface area (Å²) in [5.74, 6) is 7.23. The summed E-state index contributed by atoms with van der Waals surface area (Å²) in [5.41, 5.74) is 8.09. The Hall–Kier alpha value is -3.87. The van der Waals surface area contributed by atoms with Crippen molar-refractivity contribution < 1.29 is 0 Å². The van der Waals surface area contributed by atoms with Crippen molar-refractivity contribution in [3.05, 3.63) is 60.4 Å². The predicted octanol–water partition coefficient (Wildman–Crippen LogP) is 4.65. The van der Waals surface area contributed by atoms with Gasteiger partial charge >= 0.3 is 0 Å². The van der Waals surface area contributed by atoms with Gasteiger partial charge in [0.25, 0.3) is 0 Å². The number of para-hydroxylation sites is 1. The standard InChI is InChI=1S/C25H25N7/c1-16-10-11-27-15-19(16)17-8-9-20-18(14-17)23(30-29-20)25-28-24-21(31-12-3-2-4-13-31)6-5-7-22(24)32(25)26/h5-11,14-15H,2-4,12-13,26H2,1H3,(H,29,30). The fourth-order valence-electron chi connectivity index (χ4n) is 4.78. The van der Waals surface area contributed by atoms with E-state index < -0.39 is 0 Å². The molecule has 3 aromatic heterocycles. The molecule has 1 saturated heterocycles. The molecular formula is C25H25N7. The number of aromatic nitrogens is 5. The molecule has 0 aliphatic carbocycles. The van der Waals surface area contributed by atoms with Crippen molar-refractivity contribution in [3.63, 3.8) is 0 Å². The van der Waals surface area contributed by atoms with Crippen LogP contribution in [0, 0.1) is 6.92 Å². The van der Waals surface area contributed by atoms with Crippen molar-refractivity contribution in [1.82, 2.24) is 24.8 Å². The van der Waals surface area contributed by atoms with E-state index in [-0.39, 0.29) is 0 Å². The van der Waals surface area contributed by atoms with E-state index in [1.807, 2.05) is 24.5 Å². The number of H-pyrrole nitrogens is 1. The van der Waals surface area contributed by atoms with E-state index >= 15 is 0 Å². The van der Waals surface area contributed by atoms with E-state index in [1.165, 1.54) is 24.8 Å². The van der Waals surface area contributed by atoms with E-state index in [0.29, 0.717) is 5.82 Å². The number of nitrogens with two attached hydrogens (primary N) is 1. The summed E-state index contributed by atoms with van der Waals surface area (Å²) in [6.07, 6.45) is 7.44. The van der Waals surface area contributed by atoms with Crippen LogP contribution in [0.25, 0.3) is 44.6 Å². The van der Waals surface area contributed by atoms with Crippen LogP contribution in [0.3, 0.4) is 0 Å². The second-order valence-corrected chi connectivity index (χ2v) is 8.52. The number of hydrogen-bond donors (Lipinski definition) is 2. The van der Waals surface area contributed by atoms with Crippen molar-refractivity contribution in [2.75, 3.05) is 23.8 Å². The highest BCUT2D eigenvalue weighted by molar-refractivity contribution is 5.98. The molecule has 6 rings (SSSR count). The van der Waals surface area contributed by atoms with E-state index in [2.05, 4.69) is 57.3 Å². The van der Waals surface area contributed by atoms with Crippen LogP contribution in [0.4, 0.5) is 5.69 Å². The number of fused-ring (bicyclic) bond motifs is 2. The molecule has 1 aliphatic heterocycles. The Kier molecular flexibility index (Phi) is 4.35. The van der Waals surface area contributed by atoms with Crippen LogP contribution >= 0.6 is 0 Å². The monoisotopic (exact) mass is 423 g/mol. The van der Waals surface area contributed by atoms with Crippen LogP contribution in [0.5, 0.6) is 0 Å². The predicted molar refractivity (Wildman–Crippen MR) is 129 cm³/mol. The molecule has 7 heteroatoms. The van der Waals surface area contributed by atoms with E-state index in [9.17, 15) is 0 Å². The molecule has 1 fully saturated rings. The summed E-state index contributed by atoms with van der Waals surface area (Å²) >= 11 is 0. The van der Waals surface area contributed by atoms with Crippen molar-refractivity contribution in [3.8, 4) is 22.6 Å². The smallest absolute Gasteiger partial charge is 0.180 e. The molecular weight excluding hydrogens is 398 g/mol. The third-order valence-corrected chi connectivity index (χ3v) is 6.52. The number of piperidine rings is 1. The number of rotatable bonds is 3. The number of nitrogens with zero attached hydrogens (tertiary/aromatic N) is 5. The van der Waals surface area contributed by atoms with Crippen molar-refractivity contribution >= 4 is 27.6 Å². The van der Waals surface area contributed by atoms with Gasteiger partial charge in [0, 0.05) is 36.4 Å². The van der Waals surface area contributed by atoms with Crippen LogP contribution in [-0.4, -0.2) is 37.9 Å². The van der Waals surface area contributed by atoms with Gasteiger partial charge in [0.05, 0.1) is 16.7 Å². The fourth-order valence-corrected chi connectivity index (χ4v) is 4.78. The van der Waals surface area contributed by atoms with E-state index in [1.54, 1.807) is 4.68 Å². The van der Waals surface area contributed by atoms with Crippen LogP contribution in [0.2, 0.25) is 0 Å². The minimum absolute atomic E-state index is 0.663. The van der Waals surface area contributed by atoms with E-state index in [0.717, 1.165) is 57.5 Å². The number of imidazole rings is 1. The Labute approximate surface area is 185 Å². The molecule has 0 atom stereocenters. The van der Waals surface area contributed by atoms with Gasteiger partial charge in [-0.05, 0) is 67.6 Å². The lowest BCUT2D eigenvalue weighted by atomic mass is 10.0. The van der Waals surface area contributed by atoms with Gasteiger partial charge in [-0.3, -0.25) is 10.1 Å². The molecule has 160 valence electrons. The summed E-state index contributed by atoms with van der Waals surface area (Å²) in [6.45, 7) is 4.22. The SMILES string of the molecule is Cc1ccncc1-c1ccc2[nH]nc(-c3nc4c(N5CCCCC5)cccc4n3N)c2c1. The summed E-state index contributed by atoms with van der Waals surface area (Å²) in [6, 6.07) is 14.5. The summed E-state index contributed by atoms with van der Waals surface area (Å²) in [7, 11) is 0. The quantitative estimate of drug-likeness (QED) is 0.412. The Morgan fingerprint density at radius 1 is 1.03 bits per heavy atom. The number of pyridine rings is 1. The van der Waals surface area contributed by atoms with Crippen LogP contribution in [0.1, 0.15) is 24.8 Å². The van der Waals surface area contributed by atoms with Crippen molar-refractivity contribution in [2.45, 2.75) is 26.2 Å². The summed E-state index contributed by atoms with van der Waals surface area (Å²) in [5, 5.41) is 8.74. The molecule has 0 saturated carbocycles. The van der Waals surface area contributed by atoms with Gasteiger partial charge in [0.15, 0.2) is 5.82 Å². The molecule has 32 heavy (non-hydrogen) atoms. The van der Waals surface area contributed by atoms with Crippen molar-refractivity contribution in [2.24, 2.45) is 0 Å².